The fraction of sp³-hybridized carbons (Fsp3) is 0.440. The fourth-order valence-electron chi connectivity index (χ4n) is 5.17. The second kappa shape index (κ2) is 9.16. The van der Waals surface area contributed by atoms with Gasteiger partial charge in [-0.3, -0.25) is 4.79 Å². The summed E-state index contributed by atoms with van der Waals surface area (Å²) in [6, 6.07) is 5.72. The summed E-state index contributed by atoms with van der Waals surface area (Å²) in [6.07, 6.45) is 7.25. The first-order valence-electron chi connectivity index (χ1n) is 12.2. The number of fused-ring (bicyclic) bond motifs is 2. The van der Waals surface area contributed by atoms with Crippen molar-refractivity contribution in [3.05, 3.63) is 42.4 Å². The van der Waals surface area contributed by atoms with Crippen LogP contribution in [0.25, 0.3) is 28.3 Å². The minimum atomic E-state index is -0.596. The van der Waals surface area contributed by atoms with Crippen LogP contribution in [0.2, 0.25) is 0 Å². The van der Waals surface area contributed by atoms with E-state index in [4.69, 9.17) is 19.4 Å². The minimum Gasteiger partial charge on any atom is -0.389 e. The van der Waals surface area contributed by atoms with Gasteiger partial charge in [0.1, 0.15) is 17.2 Å². The molecule has 0 bridgehead atoms. The Kier molecular flexibility index (Phi) is 5.82. The molecule has 4 aliphatic rings. The normalized spacial score (nSPS) is 24.1. The number of nitrogens with one attached hydrogen (secondary N) is 2. The highest BCUT2D eigenvalue weighted by molar-refractivity contribution is 6.00. The number of ether oxygens (including phenoxy) is 2. The summed E-state index contributed by atoms with van der Waals surface area (Å²) in [7, 11) is 3.47. The lowest BCUT2D eigenvalue weighted by Crippen LogP contribution is -2.51. The summed E-state index contributed by atoms with van der Waals surface area (Å²) in [4.78, 5) is 22.7. The Morgan fingerprint density at radius 2 is 2.14 bits per heavy atom. The number of anilines is 1. The number of hydrogen-bond donors (Lipinski definition) is 3. The van der Waals surface area contributed by atoms with E-state index in [1.807, 2.05) is 29.0 Å². The van der Waals surface area contributed by atoms with Crippen molar-refractivity contribution in [3.63, 3.8) is 0 Å². The Hall–Kier alpha value is -3.54. The number of carbonyl (C=O) groups is 1. The van der Waals surface area contributed by atoms with Gasteiger partial charge in [0, 0.05) is 50.4 Å². The van der Waals surface area contributed by atoms with Crippen molar-refractivity contribution in [2.24, 2.45) is 0 Å². The summed E-state index contributed by atoms with van der Waals surface area (Å²) in [5.41, 5.74) is 3.29. The number of carbonyl (C=O) groups excluding carboxylic acids is 1. The molecule has 2 fully saturated rings. The van der Waals surface area contributed by atoms with Gasteiger partial charge in [-0.25, -0.2) is 9.97 Å². The van der Waals surface area contributed by atoms with Crippen molar-refractivity contribution in [2.75, 3.05) is 32.7 Å². The van der Waals surface area contributed by atoms with E-state index < -0.39 is 6.10 Å². The maximum Gasteiger partial charge on any atom is 0.257 e. The zero-order chi connectivity index (χ0) is 24.8. The SMILES string of the molecule is CNc1cc(-c2cnc3n([C@H]4CCOC[C@@H]4O)cccc2-3)nc2c(C(=O)NC3CC[C@@H]3OC)cnn12. The molecule has 1 saturated carbocycles. The van der Waals surface area contributed by atoms with Gasteiger partial charge in [-0.05, 0) is 31.4 Å². The molecule has 6 rings (SSSR count). The van der Waals surface area contributed by atoms with Gasteiger partial charge in [-0.15, -0.1) is 0 Å². The molecular formula is C25H29N7O4. The number of rotatable bonds is 6. The van der Waals surface area contributed by atoms with Crippen LogP contribution in [-0.2, 0) is 9.47 Å². The van der Waals surface area contributed by atoms with Crippen molar-refractivity contribution in [1.29, 1.82) is 0 Å². The minimum absolute atomic E-state index is 0.0106. The average molecular weight is 492 g/mol. The Bertz CT molecular complexity index is 1380. The van der Waals surface area contributed by atoms with Crippen molar-refractivity contribution in [2.45, 2.75) is 43.6 Å². The quantitative estimate of drug-likeness (QED) is 0.374. The van der Waals surface area contributed by atoms with Crippen molar-refractivity contribution >= 4 is 17.4 Å². The van der Waals surface area contributed by atoms with E-state index >= 15 is 0 Å². The largest absolute Gasteiger partial charge is 0.389 e. The van der Waals surface area contributed by atoms with E-state index in [1.165, 1.54) is 0 Å². The zero-order valence-electron chi connectivity index (χ0n) is 20.2. The van der Waals surface area contributed by atoms with Crippen LogP contribution in [0.1, 0.15) is 35.7 Å². The molecule has 11 nitrogen and oxygen atoms in total. The van der Waals surface area contributed by atoms with E-state index in [1.54, 1.807) is 31.1 Å². The van der Waals surface area contributed by atoms with Crippen LogP contribution in [0.5, 0.6) is 0 Å². The molecule has 36 heavy (non-hydrogen) atoms. The number of aromatic nitrogens is 5. The molecule has 1 amide bonds. The van der Waals surface area contributed by atoms with E-state index in [-0.39, 0.29) is 24.1 Å². The summed E-state index contributed by atoms with van der Waals surface area (Å²) < 4.78 is 14.5. The lowest BCUT2D eigenvalue weighted by molar-refractivity contribution is -0.0383. The first-order chi connectivity index (χ1) is 17.6. The molecule has 0 spiro atoms. The molecule has 0 radical (unpaired) electrons. The van der Waals surface area contributed by atoms with Gasteiger partial charge in [0.25, 0.3) is 5.91 Å². The molecule has 11 heteroatoms. The summed E-state index contributed by atoms with van der Waals surface area (Å²) in [6.45, 7) is 0.907. The predicted molar refractivity (Wildman–Crippen MR) is 132 cm³/mol. The van der Waals surface area contributed by atoms with Crippen LogP contribution < -0.4 is 10.6 Å². The molecule has 3 aliphatic heterocycles. The molecule has 1 aliphatic carbocycles. The molecule has 4 atom stereocenters. The lowest BCUT2D eigenvalue weighted by atomic mass is 9.89. The maximum atomic E-state index is 13.1. The third-order valence-corrected chi connectivity index (χ3v) is 7.33. The van der Waals surface area contributed by atoms with Crippen LogP contribution in [0.3, 0.4) is 0 Å². The predicted octanol–water partition coefficient (Wildman–Crippen LogP) is 1.97. The van der Waals surface area contributed by atoms with Crippen LogP contribution in [0.4, 0.5) is 5.82 Å². The lowest BCUT2D eigenvalue weighted by Gasteiger charge is -2.35. The molecule has 1 unspecified atom stereocenters. The van der Waals surface area contributed by atoms with Gasteiger partial charge < -0.3 is 29.8 Å². The Labute approximate surface area is 207 Å². The third kappa shape index (κ3) is 3.71. The molecule has 5 heterocycles. The molecule has 2 aromatic rings. The highest BCUT2D eigenvalue weighted by Gasteiger charge is 2.33. The molecule has 3 N–H and O–H groups in total. The number of nitrogens with zero attached hydrogens (tertiary/aromatic N) is 5. The highest BCUT2D eigenvalue weighted by atomic mass is 16.5. The average Bonchev–Trinajstić information content (AvgIpc) is 3.51. The number of amides is 1. The van der Waals surface area contributed by atoms with Gasteiger partial charge in [-0.1, -0.05) is 0 Å². The fourth-order valence-corrected chi connectivity index (χ4v) is 5.17. The van der Waals surface area contributed by atoms with Gasteiger partial charge in [-0.2, -0.15) is 9.61 Å². The standard InChI is InChI=1S/C25H29N7O4/c1-26-22-10-18(29-24-16(12-28-32(22)24)25(34)30-17-5-6-21(17)35-2)15-11-27-23-14(15)4-3-8-31(23)19-7-9-36-13-20(19)33/h3-4,8,10-12,17,19-21,26,33H,5-7,9,13H2,1-2H3,(H,30,34)/t17?,19-,20-,21-/m0/s1. The van der Waals surface area contributed by atoms with Gasteiger partial charge in [0.15, 0.2) is 5.65 Å². The summed E-state index contributed by atoms with van der Waals surface area (Å²) >= 11 is 0. The number of aliphatic hydroxyl groups is 1. The van der Waals surface area contributed by atoms with Crippen molar-refractivity contribution in [1.82, 2.24) is 29.5 Å². The highest BCUT2D eigenvalue weighted by Crippen LogP contribution is 2.37. The second-order valence-electron chi connectivity index (χ2n) is 9.32. The van der Waals surface area contributed by atoms with Crippen LogP contribution >= 0.6 is 0 Å². The second-order valence-corrected chi connectivity index (χ2v) is 9.32. The zero-order valence-corrected chi connectivity index (χ0v) is 20.2. The van der Waals surface area contributed by atoms with Gasteiger partial charge in [0.05, 0.1) is 42.8 Å². The third-order valence-electron chi connectivity index (χ3n) is 7.33. The Balaban J connectivity index is 1.38. The van der Waals surface area contributed by atoms with E-state index in [0.29, 0.717) is 42.4 Å². The maximum absolute atomic E-state index is 13.1. The topological polar surface area (TPSA) is 128 Å². The van der Waals surface area contributed by atoms with E-state index in [9.17, 15) is 9.90 Å². The first kappa shape index (κ1) is 22.9. The number of hydrogen-bond acceptors (Lipinski definition) is 8. The summed E-state index contributed by atoms with van der Waals surface area (Å²) in [5, 5.41) is 21.1. The van der Waals surface area contributed by atoms with Gasteiger partial charge in [0.2, 0.25) is 0 Å². The van der Waals surface area contributed by atoms with E-state index in [2.05, 4.69) is 15.7 Å². The number of methoxy groups -OCH3 is 1. The molecule has 0 aromatic carbocycles. The van der Waals surface area contributed by atoms with Crippen molar-refractivity contribution < 1.29 is 19.4 Å². The molecule has 1 saturated heterocycles. The van der Waals surface area contributed by atoms with E-state index in [0.717, 1.165) is 29.8 Å². The van der Waals surface area contributed by atoms with Crippen LogP contribution in [0, 0.1) is 0 Å². The molecule has 188 valence electrons. The number of pyridine rings is 1. The molecule has 2 aromatic heterocycles. The molecular weight excluding hydrogens is 462 g/mol. The number of aliphatic hydroxyl groups excluding tert-OH is 1. The van der Waals surface area contributed by atoms with Gasteiger partial charge >= 0.3 is 0 Å². The Morgan fingerprint density at radius 3 is 2.89 bits per heavy atom. The van der Waals surface area contributed by atoms with Crippen molar-refractivity contribution in [3.8, 4) is 22.6 Å². The summed E-state index contributed by atoms with van der Waals surface area (Å²) in [5.74, 6) is 1.25. The first-order valence-corrected chi connectivity index (χ1v) is 12.2. The smallest absolute Gasteiger partial charge is 0.257 e. The Morgan fingerprint density at radius 1 is 1.25 bits per heavy atom. The monoisotopic (exact) mass is 491 g/mol. The van der Waals surface area contributed by atoms with Crippen LogP contribution in [-0.4, -0.2) is 80.8 Å². The van der Waals surface area contributed by atoms with Crippen LogP contribution in [0.15, 0.2) is 36.8 Å².